The fourth-order valence-electron chi connectivity index (χ4n) is 1.07. The van der Waals surface area contributed by atoms with Crippen LogP contribution in [0.15, 0.2) is 29.4 Å². The summed E-state index contributed by atoms with van der Waals surface area (Å²) in [6, 6.07) is 4.17. The Kier molecular flexibility index (Phi) is 3.95. The van der Waals surface area contributed by atoms with Gasteiger partial charge >= 0.3 is 6.18 Å². The molecule has 0 fully saturated rings. The third-order valence-corrected chi connectivity index (χ3v) is 1.75. The SMILES string of the molecule is [N-]=[N+]=NCC(=O)Nc1cccc(C(F)(F)F)c1. The second-order valence-electron chi connectivity index (χ2n) is 3.02. The monoisotopic (exact) mass is 244 g/mol. The van der Waals surface area contributed by atoms with Gasteiger partial charge in [-0.25, -0.2) is 0 Å². The van der Waals surface area contributed by atoms with Crippen LogP contribution >= 0.6 is 0 Å². The van der Waals surface area contributed by atoms with E-state index >= 15 is 0 Å². The van der Waals surface area contributed by atoms with E-state index in [4.69, 9.17) is 5.53 Å². The van der Waals surface area contributed by atoms with Gasteiger partial charge in [0, 0.05) is 10.6 Å². The summed E-state index contributed by atoms with van der Waals surface area (Å²) in [6.45, 7) is -0.466. The van der Waals surface area contributed by atoms with Gasteiger partial charge < -0.3 is 5.32 Å². The predicted octanol–water partition coefficient (Wildman–Crippen LogP) is 2.95. The van der Waals surface area contributed by atoms with E-state index < -0.39 is 24.2 Å². The molecule has 1 rings (SSSR count). The van der Waals surface area contributed by atoms with Gasteiger partial charge in [-0.05, 0) is 23.7 Å². The fourth-order valence-corrected chi connectivity index (χ4v) is 1.07. The Balaban J connectivity index is 2.79. The van der Waals surface area contributed by atoms with Gasteiger partial charge in [0.05, 0.1) is 5.56 Å². The molecule has 0 atom stereocenters. The Bertz CT molecular complexity index is 466. The van der Waals surface area contributed by atoms with Gasteiger partial charge in [0.1, 0.15) is 6.54 Å². The second kappa shape index (κ2) is 5.22. The summed E-state index contributed by atoms with van der Waals surface area (Å²) < 4.78 is 37.0. The van der Waals surface area contributed by atoms with E-state index in [-0.39, 0.29) is 5.69 Å². The first-order valence-electron chi connectivity index (χ1n) is 4.41. The maximum absolute atomic E-state index is 12.3. The molecule has 0 bridgehead atoms. The highest BCUT2D eigenvalue weighted by molar-refractivity contribution is 5.92. The molecule has 8 heteroatoms. The zero-order chi connectivity index (χ0) is 12.9. The molecule has 0 saturated heterocycles. The number of alkyl halides is 3. The van der Waals surface area contributed by atoms with Crippen LogP contribution in [0.2, 0.25) is 0 Å². The van der Waals surface area contributed by atoms with E-state index in [1.165, 1.54) is 12.1 Å². The van der Waals surface area contributed by atoms with Crippen LogP contribution in [0.3, 0.4) is 0 Å². The molecule has 90 valence electrons. The zero-order valence-corrected chi connectivity index (χ0v) is 8.40. The minimum absolute atomic E-state index is 0.00188. The third kappa shape index (κ3) is 4.04. The van der Waals surface area contributed by atoms with Gasteiger partial charge in [-0.15, -0.1) is 0 Å². The lowest BCUT2D eigenvalue weighted by atomic mass is 10.2. The second-order valence-corrected chi connectivity index (χ2v) is 3.02. The number of amides is 1. The fraction of sp³-hybridized carbons (Fsp3) is 0.222. The van der Waals surface area contributed by atoms with E-state index in [0.717, 1.165) is 12.1 Å². The minimum atomic E-state index is -4.47. The van der Waals surface area contributed by atoms with Crippen LogP contribution in [0.4, 0.5) is 18.9 Å². The lowest BCUT2D eigenvalue weighted by Gasteiger charge is -2.09. The summed E-state index contributed by atoms with van der Waals surface area (Å²) in [5.41, 5.74) is 7.10. The van der Waals surface area contributed by atoms with Crippen molar-refractivity contribution in [2.75, 3.05) is 11.9 Å². The molecule has 0 saturated carbocycles. The molecule has 0 spiro atoms. The smallest absolute Gasteiger partial charge is 0.326 e. The first-order chi connectivity index (χ1) is 7.93. The van der Waals surface area contributed by atoms with Crippen LogP contribution in [-0.4, -0.2) is 12.5 Å². The van der Waals surface area contributed by atoms with E-state index in [2.05, 4.69) is 15.3 Å². The number of anilines is 1. The molecule has 0 radical (unpaired) electrons. The van der Waals surface area contributed by atoms with Crippen molar-refractivity contribution in [2.45, 2.75) is 6.18 Å². The molecule has 17 heavy (non-hydrogen) atoms. The average molecular weight is 244 g/mol. The predicted molar refractivity (Wildman–Crippen MR) is 54.1 cm³/mol. The van der Waals surface area contributed by atoms with Crippen LogP contribution < -0.4 is 5.32 Å². The molecule has 5 nitrogen and oxygen atoms in total. The van der Waals surface area contributed by atoms with Crippen molar-refractivity contribution in [3.05, 3.63) is 40.3 Å². The minimum Gasteiger partial charge on any atom is -0.326 e. The number of nitrogens with one attached hydrogen (secondary N) is 1. The van der Waals surface area contributed by atoms with Crippen molar-refractivity contribution < 1.29 is 18.0 Å². The summed E-state index contributed by atoms with van der Waals surface area (Å²) in [5, 5.41) is 5.17. The lowest BCUT2D eigenvalue weighted by molar-refractivity contribution is -0.137. The first kappa shape index (κ1) is 12.9. The summed E-state index contributed by atoms with van der Waals surface area (Å²) in [6.07, 6.45) is -4.47. The summed E-state index contributed by atoms with van der Waals surface area (Å²) in [7, 11) is 0. The summed E-state index contributed by atoms with van der Waals surface area (Å²) in [4.78, 5) is 13.4. The van der Waals surface area contributed by atoms with Crippen LogP contribution in [0.1, 0.15) is 5.56 Å². The van der Waals surface area contributed by atoms with Crippen molar-refractivity contribution in [1.29, 1.82) is 0 Å². The standard InChI is InChI=1S/C9H7F3N4O/c10-9(11,12)6-2-1-3-7(4-6)15-8(17)5-14-16-13/h1-4H,5H2,(H,15,17). The number of hydrogen-bond donors (Lipinski definition) is 1. The van der Waals surface area contributed by atoms with Gasteiger partial charge in [0.2, 0.25) is 5.91 Å². The Morgan fingerprint density at radius 2 is 2.18 bits per heavy atom. The van der Waals surface area contributed by atoms with Gasteiger partial charge in [-0.3, -0.25) is 4.79 Å². The molecule has 0 aliphatic rings. The highest BCUT2D eigenvalue weighted by Gasteiger charge is 2.30. The van der Waals surface area contributed by atoms with Gasteiger partial charge in [0.25, 0.3) is 0 Å². The highest BCUT2D eigenvalue weighted by atomic mass is 19.4. The zero-order valence-electron chi connectivity index (χ0n) is 8.40. The van der Waals surface area contributed by atoms with Gasteiger partial charge in [-0.2, -0.15) is 13.2 Å². The molecule has 0 aliphatic heterocycles. The largest absolute Gasteiger partial charge is 0.416 e. The number of azide groups is 1. The van der Waals surface area contributed by atoms with Crippen LogP contribution in [-0.2, 0) is 11.0 Å². The number of rotatable bonds is 3. The third-order valence-electron chi connectivity index (χ3n) is 1.75. The van der Waals surface area contributed by atoms with Crippen LogP contribution in [0.25, 0.3) is 10.4 Å². The molecule has 1 N–H and O–H groups in total. The highest BCUT2D eigenvalue weighted by Crippen LogP contribution is 2.30. The Labute approximate surface area is 93.9 Å². The van der Waals surface area contributed by atoms with E-state index in [1.54, 1.807) is 0 Å². The number of carbonyl (C=O) groups is 1. The summed E-state index contributed by atoms with van der Waals surface area (Å²) >= 11 is 0. The number of carbonyl (C=O) groups excluding carboxylic acids is 1. The van der Waals surface area contributed by atoms with Crippen molar-refractivity contribution >= 4 is 11.6 Å². The van der Waals surface area contributed by atoms with Gasteiger partial charge in [0.15, 0.2) is 0 Å². The topological polar surface area (TPSA) is 77.9 Å². The van der Waals surface area contributed by atoms with Crippen molar-refractivity contribution in [1.82, 2.24) is 0 Å². The van der Waals surface area contributed by atoms with Gasteiger partial charge in [-0.1, -0.05) is 11.2 Å². The van der Waals surface area contributed by atoms with Crippen molar-refractivity contribution in [3.63, 3.8) is 0 Å². The van der Waals surface area contributed by atoms with Crippen molar-refractivity contribution in [2.24, 2.45) is 5.11 Å². The molecule has 1 aromatic carbocycles. The maximum Gasteiger partial charge on any atom is 0.416 e. The summed E-state index contributed by atoms with van der Waals surface area (Å²) in [5.74, 6) is -0.679. The quantitative estimate of drug-likeness (QED) is 0.495. The number of benzene rings is 1. The first-order valence-corrected chi connectivity index (χ1v) is 4.41. The number of nitrogens with zero attached hydrogens (tertiary/aromatic N) is 3. The molecular formula is C9H7F3N4O. The molecule has 0 aromatic heterocycles. The number of hydrogen-bond acceptors (Lipinski definition) is 2. The van der Waals surface area contributed by atoms with Crippen LogP contribution in [0, 0.1) is 0 Å². The molecule has 1 amide bonds. The Hall–Kier alpha value is -2.21. The van der Waals surface area contributed by atoms with E-state index in [1.807, 2.05) is 0 Å². The Morgan fingerprint density at radius 1 is 1.47 bits per heavy atom. The van der Waals surface area contributed by atoms with Crippen molar-refractivity contribution in [3.8, 4) is 0 Å². The number of halogens is 3. The lowest BCUT2D eigenvalue weighted by Crippen LogP contribution is -2.15. The molecule has 0 unspecified atom stereocenters. The molecule has 0 heterocycles. The van der Waals surface area contributed by atoms with E-state index in [0.29, 0.717) is 0 Å². The molecular weight excluding hydrogens is 237 g/mol. The normalized spacial score (nSPS) is 10.5. The van der Waals surface area contributed by atoms with E-state index in [9.17, 15) is 18.0 Å². The molecule has 1 aromatic rings. The molecule has 0 aliphatic carbocycles. The Morgan fingerprint density at radius 3 is 2.76 bits per heavy atom. The maximum atomic E-state index is 12.3. The van der Waals surface area contributed by atoms with Crippen LogP contribution in [0.5, 0.6) is 0 Å². The average Bonchev–Trinajstić information content (AvgIpc) is 2.25.